The van der Waals surface area contributed by atoms with Gasteiger partial charge in [-0.15, -0.1) is 11.3 Å². The normalized spacial score (nSPS) is 11.4. The number of benzene rings is 1. The van der Waals surface area contributed by atoms with Crippen LogP contribution in [0.4, 0.5) is 14.5 Å². The van der Waals surface area contributed by atoms with Gasteiger partial charge in [0.25, 0.3) is 10.0 Å². The Morgan fingerprint density at radius 2 is 2.04 bits per heavy atom. The molecule has 1 aromatic heterocycles. The fraction of sp³-hybridized carbons (Fsp3) is 0.154. The van der Waals surface area contributed by atoms with E-state index >= 15 is 0 Å². The Labute approximate surface area is 145 Å². The van der Waals surface area contributed by atoms with Gasteiger partial charge in [-0.05, 0) is 29.6 Å². The van der Waals surface area contributed by atoms with Crippen LogP contribution in [-0.2, 0) is 14.8 Å². The maximum Gasteiger partial charge on any atom is 0.387 e. The molecule has 0 spiro atoms. The molecule has 0 aliphatic rings. The molecule has 0 aliphatic carbocycles. The Morgan fingerprint density at radius 1 is 1.33 bits per heavy atom. The summed E-state index contributed by atoms with van der Waals surface area (Å²) in [6.45, 7) is -3.09. The highest BCUT2D eigenvalue weighted by Gasteiger charge is 2.21. The second-order valence-electron chi connectivity index (χ2n) is 4.23. The van der Waals surface area contributed by atoms with Gasteiger partial charge in [0.1, 0.15) is 10.6 Å². The highest BCUT2D eigenvalue weighted by atomic mass is 35.5. The van der Waals surface area contributed by atoms with Crippen molar-refractivity contribution >= 4 is 44.6 Å². The molecule has 2 aromatic rings. The van der Waals surface area contributed by atoms with Crippen molar-refractivity contribution in [3.8, 4) is 5.75 Å². The summed E-state index contributed by atoms with van der Waals surface area (Å²) in [6, 6.07) is 4.42. The number of thiophene rings is 1. The second kappa shape index (κ2) is 7.32. The summed E-state index contributed by atoms with van der Waals surface area (Å²) in [4.78, 5) is 11.4. The lowest BCUT2D eigenvalue weighted by molar-refractivity contribution is -0.0498. The van der Waals surface area contributed by atoms with Gasteiger partial charge in [-0.3, -0.25) is 4.72 Å². The predicted molar refractivity (Wildman–Crippen MR) is 84.6 cm³/mol. The van der Waals surface area contributed by atoms with Crippen LogP contribution in [0.2, 0.25) is 5.02 Å². The van der Waals surface area contributed by atoms with Crippen LogP contribution in [0.15, 0.2) is 34.5 Å². The van der Waals surface area contributed by atoms with E-state index in [0.717, 1.165) is 29.5 Å². The van der Waals surface area contributed by atoms with E-state index in [2.05, 4.69) is 14.2 Å². The van der Waals surface area contributed by atoms with Gasteiger partial charge < -0.3 is 9.47 Å². The smallest absolute Gasteiger partial charge is 0.387 e. The van der Waals surface area contributed by atoms with E-state index in [1.165, 1.54) is 18.6 Å². The summed E-state index contributed by atoms with van der Waals surface area (Å²) in [5.41, 5.74) is 0.0379. The predicted octanol–water partition coefficient (Wildman–Crippen LogP) is 3.59. The molecule has 11 heteroatoms. The zero-order valence-corrected chi connectivity index (χ0v) is 14.3. The number of carbonyl (C=O) groups is 1. The lowest BCUT2D eigenvalue weighted by Crippen LogP contribution is -2.15. The monoisotopic (exact) mass is 397 g/mol. The number of hydrogen-bond acceptors (Lipinski definition) is 6. The topological polar surface area (TPSA) is 81.7 Å². The molecule has 1 N–H and O–H groups in total. The van der Waals surface area contributed by atoms with E-state index in [1.807, 2.05) is 0 Å². The van der Waals surface area contributed by atoms with Crippen LogP contribution in [0.3, 0.4) is 0 Å². The number of alkyl halides is 2. The van der Waals surface area contributed by atoms with E-state index in [0.29, 0.717) is 0 Å². The Kier molecular flexibility index (Phi) is 5.62. The molecular weight excluding hydrogens is 388 g/mol. The quantitative estimate of drug-likeness (QED) is 0.753. The summed E-state index contributed by atoms with van der Waals surface area (Å²) in [6.07, 6.45) is 0. The maximum absolute atomic E-state index is 12.3. The number of nitrogens with one attached hydrogen (secondary N) is 1. The lowest BCUT2D eigenvalue weighted by atomic mass is 10.3. The Morgan fingerprint density at radius 3 is 2.62 bits per heavy atom. The van der Waals surface area contributed by atoms with Gasteiger partial charge >= 0.3 is 12.6 Å². The first-order valence-electron chi connectivity index (χ1n) is 6.17. The van der Waals surface area contributed by atoms with Crippen molar-refractivity contribution in [3.63, 3.8) is 0 Å². The summed E-state index contributed by atoms with van der Waals surface area (Å²) >= 11 is 6.74. The highest BCUT2D eigenvalue weighted by Crippen LogP contribution is 2.31. The van der Waals surface area contributed by atoms with Crippen molar-refractivity contribution in [2.45, 2.75) is 11.5 Å². The minimum atomic E-state index is -4.09. The molecule has 1 aromatic carbocycles. The molecule has 130 valence electrons. The maximum atomic E-state index is 12.3. The SMILES string of the molecule is COC(=O)c1sccc1NS(=O)(=O)c1ccc(OC(F)F)c(Cl)c1. The van der Waals surface area contributed by atoms with Crippen LogP contribution in [-0.4, -0.2) is 28.1 Å². The Balaban J connectivity index is 2.30. The molecule has 0 unspecified atom stereocenters. The van der Waals surface area contributed by atoms with Gasteiger partial charge in [0.05, 0.1) is 22.7 Å². The van der Waals surface area contributed by atoms with E-state index in [1.54, 1.807) is 0 Å². The molecule has 0 fully saturated rings. The van der Waals surface area contributed by atoms with Gasteiger partial charge in [-0.2, -0.15) is 8.78 Å². The van der Waals surface area contributed by atoms with Crippen molar-refractivity contribution in [1.82, 2.24) is 0 Å². The van der Waals surface area contributed by atoms with Crippen molar-refractivity contribution in [1.29, 1.82) is 0 Å². The van der Waals surface area contributed by atoms with Gasteiger partial charge in [0.2, 0.25) is 0 Å². The third-order valence-corrected chi connectivity index (χ3v) is 5.26. The van der Waals surface area contributed by atoms with E-state index in [-0.39, 0.29) is 26.2 Å². The van der Waals surface area contributed by atoms with Crippen LogP contribution in [0, 0.1) is 0 Å². The fourth-order valence-corrected chi connectivity index (χ4v) is 3.90. The number of halogens is 3. The molecule has 24 heavy (non-hydrogen) atoms. The average molecular weight is 398 g/mol. The number of sulfonamides is 1. The molecule has 6 nitrogen and oxygen atoms in total. The van der Waals surface area contributed by atoms with Crippen molar-refractivity contribution < 1.29 is 31.5 Å². The first-order chi connectivity index (χ1) is 11.2. The third-order valence-electron chi connectivity index (χ3n) is 2.71. The fourth-order valence-electron chi connectivity index (χ4n) is 1.68. The molecular formula is C13H10ClF2NO5S2. The Hall–Kier alpha value is -1.91. The average Bonchev–Trinajstić information content (AvgIpc) is 2.95. The van der Waals surface area contributed by atoms with Gasteiger partial charge in [-0.1, -0.05) is 11.6 Å². The van der Waals surface area contributed by atoms with Crippen LogP contribution in [0.25, 0.3) is 0 Å². The van der Waals surface area contributed by atoms with Crippen molar-refractivity contribution in [3.05, 3.63) is 39.5 Å². The van der Waals surface area contributed by atoms with Gasteiger partial charge in [0, 0.05) is 0 Å². The molecule has 0 aliphatic heterocycles. The van der Waals surface area contributed by atoms with Crippen LogP contribution in [0.1, 0.15) is 9.67 Å². The molecule has 0 amide bonds. The van der Waals surface area contributed by atoms with E-state index in [4.69, 9.17) is 11.6 Å². The van der Waals surface area contributed by atoms with E-state index < -0.39 is 22.6 Å². The number of anilines is 1. The van der Waals surface area contributed by atoms with E-state index in [9.17, 15) is 22.0 Å². The van der Waals surface area contributed by atoms with Crippen LogP contribution < -0.4 is 9.46 Å². The molecule has 0 saturated carbocycles. The number of rotatable bonds is 6. The molecule has 1 heterocycles. The zero-order valence-electron chi connectivity index (χ0n) is 12.0. The molecule has 0 saturated heterocycles. The molecule has 0 bridgehead atoms. The number of esters is 1. The summed E-state index contributed by atoms with van der Waals surface area (Å²) < 4.78 is 60.0. The first-order valence-corrected chi connectivity index (χ1v) is 8.91. The zero-order chi connectivity index (χ0) is 17.9. The number of ether oxygens (including phenoxy) is 2. The second-order valence-corrected chi connectivity index (χ2v) is 7.24. The summed E-state index contributed by atoms with van der Waals surface area (Å²) in [5, 5.41) is 1.22. The number of hydrogen-bond donors (Lipinski definition) is 1. The Bertz CT molecular complexity index is 854. The highest BCUT2D eigenvalue weighted by molar-refractivity contribution is 7.92. The molecule has 0 atom stereocenters. The van der Waals surface area contributed by atoms with Crippen LogP contribution >= 0.6 is 22.9 Å². The summed E-state index contributed by atoms with van der Waals surface area (Å²) in [7, 11) is -2.93. The minimum Gasteiger partial charge on any atom is -0.465 e. The largest absolute Gasteiger partial charge is 0.465 e. The third kappa shape index (κ3) is 4.13. The van der Waals surface area contributed by atoms with Gasteiger partial charge in [-0.25, -0.2) is 13.2 Å². The minimum absolute atomic E-state index is 0.0379. The summed E-state index contributed by atoms with van der Waals surface area (Å²) in [5.74, 6) is -1.04. The number of methoxy groups -OCH3 is 1. The molecule has 2 rings (SSSR count). The van der Waals surface area contributed by atoms with Gasteiger partial charge in [0.15, 0.2) is 0 Å². The first kappa shape index (κ1) is 18.4. The number of carbonyl (C=O) groups excluding carboxylic acids is 1. The molecule has 0 radical (unpaired) electrons. The van der Waals surface area contributed by atoms with Crippen molar-refractivity contribution in [2.75, 3.05) is 11.8 Å². The van der Waals surface area contributed by atoms with Crippen molar-refractivity contribution in [2.24, 2.45) is 0 Å². The van der Waals surface area contributed by atoms with Crippen LogP contribution in [0.5, 0.6) is 5.75 Å². The standard InChI is InChI=1S/C13H10ClF2NO5S2/c1-21-12(18)11-9(4-5-23-11)17-24(19,20)7-2-3-10(8(14)6-7)22-13(15)16/h2-6,13,17H,1H3. The lowest BCUT2D eigenvalue weighted by Gasteiger charge is -2.11.